The van der Waals surface area contributed by atoms with E-state index in [1.54, 1.807) is 6.92 Å². The van der Waals surface area contributed by atoms with E-state index in [9.17, 15) is 4.79 Å². The van der Waals surface area contributed by atoms with Crippen LogP contribution in [0.1, 0.15) is 6.92 Å². The first-order chi connectivity index (χ1) is 10.7. The summed E-state index contributed by atoms with van der Waals surface area (Å²) in [7, 11) is 0. The third-order valence-electron chi connectivity index (χ3n) is 3.33. The Labute approximate surface area is 133 Å². The molecular formula is C17H15ClN2O2. The van der Waals surface area contributed by atoms with Gasteiger partial charge in [-0.15, -0.1) is 0 Å². The number of aromatic amines is 1. The summed E-state index contributed by atoms with van der Waals surface area (Å²) in [6.45, 7) is 2.08. The molecule has 0 spiro atoms. The number of H-pyrrole nitrogens is 1. The van der Waals surface area contributed by atoms with Gasteiger partial charge in [0, 0.05) is 21.5 Å². The zero-order valence-corrected chi connectivity index (χ0v) is 12.8. The topological polar surface area (TPSA) is 54.1 Å². The van der Waals surface area contributed by atoms with Gasteiger partial charge >= 0.3 is 6.09 Å². The van der Waals surface area contributed by atoms with Crippen LogP contribution in [-0.2, 0) is 4.74 Å². The van der Waals surface area contributed by atoms with Crippen LogP contribution in [0.2, 0.25) is 5.02 Å². The van der Waals surface area contributed by atoms with Gasteiger partial charge in [0.15, 0.2) is 0 Å². The van der Waals surface area contributed by atoms with Gasteiger partial charge in [-0.1, -0.05) is 41.9 Å². The minimum Gasteiger partial charge on any atom is -0.450 e. The maximum atomic E-state index is 11.8. The van der Waals surface area contributed by atoms with Gasteiger partial charge in [0.25, 0.3) is 0 Å². The molecule has 4 nitrogen and oxygen atoms in total. The molecule has 2 N–H and O–H groups in total. The van der Waals surface area contributed by atoms with E-state index in [1.165, 1.54) is 0 Å². The fraction of sp³-hybridized carbons (Fsp3) is 0.118. The van der Waals surface area contributed by atoms with Crippen LogP contribution in [0.15, 0.2) is 48.5 Å². The van der Waals surface area contributed by atoms with Crippen molar-refractivity contribution < 1.29 is 9.53 Å². The van der Waals surface area contributed by atoms with Crippen molar-refractivity contribution in [2.45, 2.75) is 6.92 Å². The fourth-order valence-electron chi connectivity index (χ4n) is 2.38. The van der Waals surface area contributed by atoms with Gasteiger partial charge in [-0.25, -0.2) is 4.79 Å². The molecule has 0 unspecified atom stereocenters. The zero-order valence-electron chi connectivity index (χ0n) is 12.0. The average Bonchev–Trinajstić information content (AvgIpc) is 2.86. The number of amides is 1. The van der Waals surface area contributed by atoms with E-state index in [2.05, 4.69) is 10.3 Å². The second kappa shape index (κ2) is 6.12. The van der Waals surface area contributed by atoms with Crippen molar-refractivity contribution in [1.82, 2.24) is 4.98 Å². The first-order valence-electron chi connectivity index (χ1n) is 6.99. The van der Waals surface area contributed by atoms with Crippen molar-refractivity contribution in [3.63, 3.8) is 0 Å². The number of hydrogen-bond acceptors (Lipinski definition) is 2. The van der Waals surface area contributed by atoms with Gasteiger partial charge in [-0.05, 0) is 25.1 Å². The lowest BCUT2D eigenvalue weighted by Crippen LogP contribution is -2.13. The molecule has 1 aromatic heterocycles. The van der Waals surface area contributed by atoms with E-state index in [-0.39, 0.29) is 0 Å². The number of halogens is 1. The molecule has 0 fully saturated rings. The summed E-state index contributed by atoms with van der Waals surface area (Å²) in [6, 6.07) is 15.3. The van der Waals surface area contributed by atoms with Gasteiger partial charge in [0.2, 0.25) is 0 Å². The van der Waals surface area contributed by atoms with Crippen molar-refractivity contribution >= 4 is 34.3 Å². The fourth-order valence-corrected chi connectivity index (χ4v) is 2.56. The van der Waals surface area contributed by atoms with E-state index >= 15 is 0 Å². The maximum Gasteiger partial charge on any atom is 0.411 e. The molecule has 0 bridgehead atoms. The van der Waals surface area contributed by atoms with Gasteiger partial charge < -0.3 is 9.72 Å². The molecule has 112 valence electrons. The standard InChI is InChI=1S/C17H15ClN2O2/c1-2-22-17(21)20-16-13-10-12(18)8-9-14(13)19-15(16)11-6-4-3-5-7-11/h3-10,19H,2H2,1H3,(H,20,21). The lowest BCUT2D eigenvalue weighted by molar-refractivity contribution is 0.168. The molecular weight excluding hydrogens is 300 g/mol. The van der Waals surface area contributed by atoms with E-state index in [0.29, 0.717) is 17.3 Å². The second-order valence-electron chi connectivity index (χ2n) is 4.78. The Bertz CT molecular complexity index is 812. The van der Waals surface area contributed by atoms with Gasteiger partial charge in [-0.3, -0.25) is 5.32 Å². The average molecular weight is 315 g/mol. The third kappa shape index (κ3) is 2.78. The monoisotopic (exact) mass is 314 g/mol. The summed E-state index contributed by atoms with van der Waals surface area (Å²) in [4.78, 5) is 15.2. The Hall–Kier alpha value is -2.46. The van der Waals surface area contributed by atoms with Crippen LogP contribution >= 0.6 is 11.6 Å². The van der Waals surface area contributed by atoms with Crippen molar-refractivity contribution in [3.8, 4) is 11.3 Å². The van der Waals surface area contributed by atoms with Crippen molar-refractivity contribution in [2.75, 3.05) is 11.9 Å². The summed E-state index contributed by atoms with van der Waals surface area (Å²) in [6.07, 6.45) is -0.486. The van der Waals surface area contributed by atoms with Crippen molar-refractivity contribution in [2.24, 2.45) is 0 Å². The second-order valence-corrected chi connectivity index (χ2v) is 5.21. The van der Waals surface area contributed by atoms with Crippen LogP contribution in [0.5, 0.6) is 0 Å². The number of anilines is 1. The summed E-state index contributed by atoms with van der Waals surface area (Å²) < 4.78 is 4.99. The third-order valence-corrected chi connectivity index (χ3v) is 3.56. The lowest BCUT2D eigenvalue weighted by Gasteiger charge is -2.07. The number of ether oxygens (including phenoxy) is 1. The summed E-state index contributed by atoms with van der Waals surface area (Å²) >= 11 is 6.09. The highest BCUT2D eigenvalue weighted by atomic mass is 35.5. The molecule has 1 heterocycles. The van der Waals surface area contributed by atoms with Crippen molar-refractivity contribution in [3.05, 3.63) is 53.6 Å². The minimum atomic E-state index is -0.486. The molecule has 0 saturated heterocycles. The molecule has 2 aromatic carbocycles. The highest BCUT2D eigenvalue weighted by Gasteiger charge is 2.16. The molecule has 0 aliphatic rings. The number of hydrogen-bond donors (Lipinski definition) is 2. The smallest absolute Gasteiger partial charge is 0.411 e. The quantitative estimate of drug-likeness (QED) is 0.710. The largest absolute Gasteiger partial charge is 0.450 e. The zero-order chi connectivity index (χ0) is 15.5. The summed E-state index contributed by atoms with van der Waals surface area (Å²) in [5.74, 6) is 0. The molecule has 1 amide bonds. The van der Waals surface area contributed by atoms with Gasteiger partial charge in [0.05, 0.1) is 18.0 Å². The Morgan fingerprint density at radius 1 is 1.23 bits per heavy atom. The predicted molar refractivity (Wildman–Crippen MR) is 89.4 cm³/mol. The van der Waals surface area contributed by atoms with E-state index < -0.39 is 6.09 Å². The van der Waals surface area contributed by atoms with E-state index in [1.807, 2.05) is 48.5 Å². The maximum absolute atomic E-state index is 11.8. The van der Waals surface area contributed by atoms with Crippen LogP contribution in [0.4, 0.5) is 10.5 Å². The molecule has 0 saturated carbocycles. The molecule has 22 heavy (non-hydrogen) atoms. The number of carbonyl (C=O) groups is 1. The van der Waals surface area contributed by atoms with Crippen LogP contribution in [0.25, 0.3) is 22.2 Å². The van der Waals surface area contributed by atoms with Gasteiger partial charge in [0.1, 0.15) is 0 Å². The Morgan fingerprint density at radius 3 is 2.73 bits per heavy atom. The van der Waals surface area contributed by atoms with Crippen LogP contribution in [0.3, 0.4) is 0 Å². The minimum absolute atomic E-state index is 0.315. The molecule has 0 aliphatic carbocycles. The molecule has 5 heteroatoms. The number of rotatable bonds is 3. The predicted octanol–water partition coefficient (Wildman–Crippen LogP) is 5.06. The highest BCUT2D eigenvalue weighted by Crippen LogP contribution is 2.36. The number of benzene rings is 2. The molecule has 3 aromatic rings. The number of carbonyl (C=O) groups excluding carboxylic acids is 1. The van der Waals surface area contributed by atoms with E-state index in [4.69, 9.17) is 16.3 Å². The molecule has 0 atom stereocenters. The Balaban J connectivity index is 2.16. The number of fused-ring (bicyclic) bond motifs is 1. The molecule has 3 rings (SSSR count). The molecule has 0 aliphatic heterocycles. The number of aromatic nitrogens is 1. The first-order valence-corrected chi connectivity index (χ1v) is 7.37. The van der Waals surface area contributed by atoms with Gasteiger partial charge in [-0.2, -0.15) is 0 Å². The SMILES string of the molecule is CCOC(=O)Nc1c(-c2ccccc2)[nH]c2ccc(Cl)cc12. The summed E-state index contributed by atoms with van der Waals surface area (Å²) in [5, 5.41) is 4.27. The van der Waals surface area contributed by atoms with Crippen LogP contribution in [0, 0.1) is 0 Å². The van der Waals surface area contributed by atoms with Crippen molar-refractivity contribution in [1.29, 1.82) is 0 Å². The Morgan fingerprint density at radius 2 is 2.00 bits per heavy atom. The van der Waals surface area contributed by atoms with E-state index in [0.717, 1.165) is 22.2 Å². The van der Waals surface area contributed by atoms with Crippen LogP contribution < -0.4 is 5.32 Å². The number of nitrogens with one attached hydrogen (secondary N) is 2. The summed E-state index contributed by atoms with van der Waals surface area (Å²) in [5.41, 5.74) is 3.37. The Kier molecular flexibility index (Phi) is 4.02. The lowest BCUT2D eigenvalue weighted by atomic mass is 10.1. The highest BCUT2D eigenvalue weighted by molar-refractivity contribution is 6.31. The molecule has 0 radical (unpaired) electrons. The first kappa shape index (κ1) is 14.5. The normalized spacial score (nSPS) is 10.6. The van der Waals surface area contributed by atoms with Crippen LogP contribution in [-0.4, -0.2) is 17.7 Å².